The van der Waals surface area contributed by atoms with Crippen molar-refractivity contribution in [3.8, 4) is 6.07 Å². The van der Waals surface area contributed by atoms with E-state index < -0.39 is 0 Å². The Bertz CT molecular complexity index is 442. The molecular weight excluding hydrogens is 214 g/mol. The van der Waals surface area contributed by atoms with E-state index in [1.807, 2.05) is 18.2 Å². The van der Waals surface area contributed by atoms with Gasteiger partial charge in [0.05, 0.1) is 6.07 Å². The van der Waals surface area contributed by atoms with Crippen molar-refractivity contribution >= 4 is 11.8 Å². The maximum Gasteiger partial charge on any atom is 0.194 e. The van der Waals surface area contributed by atoms with Crippen LogP contribution in [0.25, 0.3) is 0 Å². The topological polar surface area (TPSA) is 87.1 Å². The van der Waals surface area contributed by atoms with Crippen LogP contribution in [-0.4, -0.2) is 17.5 Å². The fourth-order valence-electron chi connectivity index (χ4n) is 1.60. The molecule has 1 aromatic heterocycles. The fourth-order valence-corrected chi connectivity index (χ4v) is 1.60. The standard InChI is InChI=1S/C12H15N5/c13-7-6-12(4-5-12)9-16-11(14)17-10-3-1-2-8-15-10/h1-3,8H,4-6,9H2,(H3,14,15,16,17). The van der Waals surface area contributed by atoms with E-state index in [9.17, 15) is 0 Å². The molecule has 1 aliphatic carbocycles. The van der Waals surface area contributed by atoms with Crippen LogP contribution in [0.15, 0.2) is 29.4 Å². The van der Waals surface area contributed by atoms with E-state index in [2.05, 4.69) is 21.4 Å². The minimum Gasteiger partial charge on any atom is -0.370 e. The van der Waals surface area contributed by atoms with Crippen LogP contribution in [-0.2, 0) is 0 Å². The fraction of sp³-hybridized carbons (Fsp3) is 0.417. The maximum absolute atomic E-state index is 8.69. The van der Waals surface area contributed by atoms with Gasteiger partial charge in [0.15, 0.2) is 5.96 Å². The van der Waals surface area contributed by atoms with E-state index in [0.29, 0.717) is 24.7 Å². The van der Waals surface area contributed by atoms with Gasteiger partial charge in [0, 0.05) is 24.6 Å². The Balaban J connectivity index is 1.88. The van der Waals surface area contributed by atoms with Gasteiger partial charge in [-0.05, 0) is 25.0 Å². The molecule has 1 fully saturated rings. The number of aliphatic imine (C=N–C) groups is 1. The Morgan fingerprint density at radius 3 is 3.00 bits per heavy atom. The van der Waals surface area contributed by atoms with Crippen LogP contribution in [0.4, 0.5) is 5.82 Å². The second-order valence-corrected chi connectivity index (χ2v) is 4.38. The highest BCUT2D eigenvalue weighted by Crippen LogP contribution is 2.48. The van der Waals surface area contributed by atoms with Crippen molar-refractivity contribution in [2.75, 3.05) is 11.9 Å². The molecule has 1 heterocycles. The van der Waals surface area contributed by atoms with Crippen molar-refractivity contribution in [3.05, 3.63) is 24.4 Å². The number of guanidine groups is 1. The quantitative estimate of drug-likeness (QED) is 0.605. The Kier molecular flexibility index (Phi) is 3.24. The number of nitrogens with two attached hydrogens (primary N) is 1. The zero-order chi connectivity index (χ0) is 12.1. The van der Waals surface area contributed by atoms with Crippen molar-refractivity contribution in [2.24, 2.45) is 16.1 Å². The van der Waals surface area contributed by atoms with E-state index in [1.165, 1.54) is 0 Å². The largest absolute Gasteiger partial charge is 0.370 e. The van der Waals surface area contributed by atoms with Gasteiger partial charge >= 0.3 is 0 Å². The zero-order valence-corrected chi connectivity index (χ0v) is 9.56. The summed E-state index contributed by atoms with van der Waals surface area (Å²) >= 11 is 0. The first-order chi connectivity index (χ1) is 8.24. The van der Waals surface area contributed by atoms with Gasteiger partial charge in [-0.1, -0.05) is 6.07 Å². The maximum atomic E-state index is 8.69. The normalized spacial score (nSPS) is 17.2. The summed E-state index contributed by atoms with van der Waals surface area (Å²) in [5, 5.41) is 11.6. The molecule has 1 aliphatic rings. The van der Waals surface area contributed by atoms with E-state index in [-0.39, 0.29) is 5.41 Å². The Hall–Kier alpha value is -2.09. The van der Waals surface area contributed by atoms with Gasteiger partial charge < -0.3 is 11.1 Å². The lowest BCUT2D eigenvalue weighted by Gasteiger charge is -2.08. The van der Waals surface area contributed by atoms with Crippen LogP contribution < -0.4 is 11.1 Å². The predicted octanol–water partition coefficient (Wildman–Crippen LogP) is 1.50. The molecule has 0 unspecified atom stereocenters. The van der Waals surface area contributed by atoms with Crippen molar-refractivity contribution in [3.63, 3.8) is 0 Å². The second kappa shape index (κ2) is 4.83. The lowest BCUT2D eigenvalue weighted by Crippen LogP contribution is -2.24. The van der Waals surface area contributed by atoms with E-state index in [4.69, 9.17) is 11.0 Å². The third-order valence-corrected chi connectivity index (χ3v) is 2.92. The number of rotatable bonds is 4. The highest BCUT2D eigenvalue weighted by Gasteiger charge is 2.42. The van der Waals surface area contributed by atoms with Gasteiger partial charge in [-0.2, -0.15) is 5.26 Å². The number of anilines is 1. The molecule has 5 heteroatoms. The summed E-state index contributed by atoms with van der Waals surface area (Å²) in [6.07, 6.45) is 4.39. The molecule has 2 rings (SSSR count). The van der Waals surface area contributed by atoms with Crippen LogP contribution in [0.5, 0.6) is 0 Å². The first kappa shape index (κ1) is 11.4. The third-order valence-electron chi connectivity index (χ3n) is 2.92. The Morgan fingerprint density at radius 1 is 1.59 bits per heavy atom. The number of hydrogen-bond donors (Lipinski definition) is 2. The molecule has 0 bridgehead atoms. The summed E-state index contributed by atoms with van der Waals surface area (Å²) in [6, 6.07) is 7.74. The number of pyridine rings is 1. The number of nitrogens with one attached hydrogen (secondary N) is 1. The van der Waals surface area contributed by atoms with E-state index >= 15 is 0 Å². The minimum absolute atomic E-state index is 0.0885. The molecule has 0 aliphatic heterocycles. The highest BCUT2D eigenvalue weighted by atomic mass is 15.1. The van der Waals surface area contributed by atoms with Crippen LogP contribution in [0.1, 0.15) is 19.3 Å². The van der Waals surface area contributed by atoms with Crippen molar-refractivity contribution in [2.45, 2.75) is 19.3 Å². The molecule has 0 spiro atoms. The van der Waals surface area contributed by atoms with Gasteiger partial charge in [-0.15, -0.1) is 0 Å². The minimum atomic E-state index is 0.0885. The van der Waals surface area contributed by atoms with Crippen LogP contribution >= 0.6 is 0 Å². The van der Waals surface area contributed by atoms with Crippen LogP contribution in [0.3, 0.4) is 0 Å². The first-order valence-electron chi connectivity index (χ1n) is 5.59. The van der Waals surface area contributed by atoms with Gasteiger partial charge in [-0.3, -0.25) is 4.99 Å². The Morgan fingerprint density at radius 2 is 2.41 bits per heavy atom. The molecule has 0 radical (unpaired) electrons. The summed E-state index contributed by atoms with van der Waals surface area (Å²) in [5.74, 6) is 1.03. The molecule has 5 nitrogen and oxygen atoms in total. The van der Waals surface area contributed by atoms with Gasteiger partial charge in [0.1, 0.15) is 5.82 Å². The van der Waals surface area contributed by atoms with Crippen molar-refractivity contribution < 1.29 is 0 Å². The third kappa shape index (κ3) is 3.18. The average molecular weight is 229 g/mol. The van der Waals surface area contributed by atoms with Crippen molar-refractivity contribution in [1.29, 1.82) is 5.26 Å². The molecule has 0 saturated heterocycles. The molecule has 1 aromatic rings. The number of hydrogen-bond acceptors (Lipinski definition) is 3. The van der Waals surface area contributed by atoms with E-state index in [1.54, 1.807) is 6.20 Å². The summed E-state index contributed by atoms with van der Waals surface area (Å²) in [7, 11) is 0. The number of nitriles is 1. The van der Waals surface area contributed by atoms with Gasteiger partial charge in [0.2, 0.25) is 0 Å². The smallest absolute Gasteiger partial charge is 0.194 e. The lowest BCUT2D eigenvalue weighted by atomic mass is 10.0. The summed E-state index contributed by atoms with van der Waals surface area (Å²) in [5.41, 5.74) is 5.84. The first-order valence-corrected chi connectivity index (χ1v) is 5.59. The van der Waals surface area contributed by atoms with Crippen LogP contribution in [0, 0.1) is 16.7 Å². The molecule has 0 atom stereocenters. The Labute approximate surface area is 100 Å². The SMILES string of the molecule is N#CCC1(CN=C(N)Nc2ccccn2)CC1. The summed E-state index contributed by atoms with van der Waals surface area (Å²) in [4.78, 5) is 8.36. The van der Waals surface area contributed by atoms with E-state index in [0.717, 1.165) is 12.8 Å². The van der Waals surface area contributed by atoms with Crippen molar-refractivity contribution in [1.82, 2.24) is 4.98 Å². The number of nitrogens with zero attached hydrogens (tertiary/aromatic N) is 3. The summed E-state index contributed by atoms with van der Waals surface area (Å²) < 4.78 is 0. The molecule has 88 valence electrons. The van der Waals surface area contributed by atoms with Gasteiger partial charge in [-0.25, -0.2) is 4.98 Å². The summed E-state index contributed by atoms with van der Waals surface area (Å²) in [6.45, 7) is 0.617. The molecule has 1 saturated carbocycles. The number of aromatic nitrogens is 1. The average Bonchev–Trinajstić information content (AvgIpc) is 3.09. The highest BCUT2D eigenvalue weighted by molar-refractivity contribution is 5.91. The van der Waals surface area contributed by atoms with Gasteiger partial charge in [0.25, 0.3) is 0 Å². The molecular formula is C12H15N5. The molecule has 17 heavy (non-hydrogen) atoms. The zero-order valence-electron chi connectivity index (χ0n) is 9.56. The predicted molar refractivity (Wildman–Crippen MR) is 66.2 cm³/mol. The molecule has 0 aromatic carbocycles. The van der Waals surface area contributed by atoms with Crippen LogP contribution in [0.2, 0.25) is 0 Å². The lowest BCUT2D eigenvalue weighted by molar-refractivity contribution is 0.540. The second-order valence-electron chi connectivity index (χ2n) is 4.38. The molecule has 0 amide bonds. The molecule has 3 N–H and O–H groups in total. The monoisotopic (exact) mass is 229 g/mol.